The Labute approximate surface area is 220 Å². The number of aryl methyl sites for hydroxylation is 1. The van der Waals surface area contributed by atoms with Gasteiger partial charge in [-0.15, -0.1) is 0 Å². The van der Waals surface area contributed by atoms with Crippen LogP contribution >= 0.6 is 0 Å². The minimum Gasteiger partial charge on any atom is -0.508 e. The predicted octanol–water partition coefficient (Wildman–Crippen LogP) is 11.7. The van der Waals surface area contributed by atoms with Crippen LogP contribution in [0.1, 0.15) is 179 Å². The molecule has 0 unspecified atom stereocenters. The van der Waals surface area contributed by atoms with Crippen molar-refractivity contribution in [3.05, 3.63) is 28.8 Å². The quantitative estimate of drug-likeness (QED) is 0.136. The van der Waals surface area contributed by atoms with Gasteiger partial charge >= 0.3 is 0 Å². The third kappa shape index (κ3) is 16.4. The van der Waals surface area contributed by atoms with E-state index in [1.807, 2.05) is 6.07 Å². The first-order valence-corrected chi connectivity index (χ1v) is 16.1. The number of unbranched alkanes of at least 4 members (excludes halogenated alkanes) is 19. The smallest absolute Gasteiger partial charge is 0.119 e. The van der Waals surface area contributed by atoms with Crippen LogP contribution in [0.2, 0.25) is 0 Å². The lowest BCUT2D eigenvalue weighted by molar-refractivity contribution is 0.464. The maximum Gasteiger partial charge on any atom is 0.119 e. The molecule has 0 spiro atoms. The van der Waals surface area contributed by atoms with Crippen molar-refractivity contribution in [1.82, 2.24) is 0 Å². The van der Waals surface area contributed by atoms with Crippen LogP contribution in [-0.4, -0.2) is 5.11 Å². The fourth-order valence-corrected chi connectivity index (χ4v) is 5.50. The molecule has 1 N–H and O–H groups in total. The number of rotatable bonds is 25. The van der Waals surface area contributed by atoms with E-state index in [0.29, 0.717) is 5.75 Å². The van der Waals surface area contributed by atoms with Gasteiger partial charge in [0.1, 0.15) is 5.75 Å². The van der Waals surface area contributed by atoms with E-state index in [1.165, 1.54) is 164 Å². The Kier molecular flexibility index (Phi) is 21.4. The molecular formula is C34H62O. The molecule has 1 nitrogen and oxygen atoms in total. The number of hydrogen-bond donors (Lipinski definition) is 1. The first kappa shape index (κ1) is 32.0. The molecular weight excluding hydrogens is 424 g/mol. The standard InChI is InChI=1S/C34H62O/c1-4-7-10-12-14-16-18-20-22-24-26-31-29-30-34(35)33(27-9-6-3)32(31)28-25-23-21-19-17-15-13-11-8-5-2/h29-30,35H,4-28H2,1-3H3. The van der Waals surface area contributed by atoms with Crippen molar-refractivity contribution in [3.63, 3.8) is 0 Å². The lowest BCUT2D eigenvalue weighted by Crippen LogP contribution is -2.02. The van der Waals surface area contributed by atoms with Crippen LogP contribution in [0.4, 0.5) is 0 Å². The van der Waals surface area contributed by atoms with Crippen molar-refractivity contribution in [2.45, 2.75) is 181 Å². The normalized spacial score (nSPS) is 11.4. The maximum atomic E-state index is 10.6. The lowest BCUT2D eigenvalue weighted by atomic mass is 9.89. The molecule has 1 aromatic rings. The second-order valence-corrected chi connectivity index (χ2v) is 11.2. The van der Waals surface area contributed by atoms with Crippen LogP contribution in [-0.2, 0) is 19.3 Å². The summed E-state index contributed by atoms with van der Waals surface area (Å²) in [5, 5.41) is 10.6. The molecule has 0 atom stereocenters. The molecule has 0 radical (unpaired) electrons. The van der Waals surface area contributed by atoms with E-state index in [1.54, 1.807) is 0 Å². The SMILES string of the molecule is CCCCCCCCCCCCc1ccc(O)c(CCCC)c1CCCCCCCCCCCC. The number of phenolic OH excluding ortho intramolecular Hbond substituents is 1. The van der Waals surface area contributed by atoms with E-state index < -0.39 is 0 Å². The molecule has 0 aromatic heterocycles. The summed E-state index contributed by atoms with van der Waals surface area (Å²) in [5.41, 5.74) is 4.31. The molecule has 0 fully saturated rings. The number of hydrogen-bond acceptors (Lipinski definition) is 1. The van der Waals surface area contributed by atoms with E-state index in [9.17, 15) is 5.11 Å². The van der Waals surface area contributed by atoms with Crippen LogP contribution in [0.5, 0.6) is 5.75 Å². The lowest BCUT2D eigenvalue weighted by Gasteiger charge is -2.17. The van der Waals surface area contributed by atoms with Gasteiger partial charge in [-0.2, -0.15) is 0 Å². The Bertz CT molecular complexity index is 590. The highest BCUT2D eigenvalue weighted by Crippen LogP contribution is 2.29. The van der Waals surface area contributed by atoms with E-state index >= 15 is 0 Å². The van der Waals surface area contributed by atoms with Crippen LogP contribution in [0.25, 0.3) is 0 Å². The largest absolute Gasteiger partial charge is 0.508 e. The van der Waals surface area contributed by atoms with Gasteiger partial charge in [0.2, 0.25) is 0 Å². The van der Waals surface area contributed by atoms with Crippen molar-refractivity contribution in [1.29, 1.82) is 0 Å². The molecule has 1 aromatic carbocycles. The van der Waals surface area contributed by atoms with Gasteiger partial charge in [-0.1, -0.05) is 149 Å². The molecule has 204 valence electrons. The van der Waals surface area contributed by atoms with Crippen molar-refractivity contribution < 1.29 is 5.11 Å². The number of phenols is 1. The van der Waals surface area contributed by atoms with Crippen LogP contribution in [0.15, 0.2) is 12.1 Å². The van der Waals surface area contributed by atoms with Crippen molar-refractivity contribution >= 4 is 0 Å². The van der Waals surface area contributed by atoms with Crippen molar-refractivity contribution in [3.8, 4) is 5.75 Å². The van der Waals surface area contributed by atoms with Gasteiger partial charge < -0.3 is 5.11 Å². The van der Waals surface area contributed by atoms with Crippen LogP contribution in [0, 0.1) is 0 Å². The third-order valence-corrected chi connectivity index (χ3v) is 7.86. The van der Waals surface area contributed by atoms with Gasteiger partial charge in [-0.3, -0.25) is 0 Å². The molecule has 0 aliphatic heterocycles. The first-order valence-electron chi connectivity index (χ1n) is 16.1. The highest BCUT2D eigenvalue weighted by Gasteiger charge is 2.13. The topological polar surface area (TPSA) is 20.2 Å². The Morgan fingerprint density at radius 1 is 0.400 bits per heavy atom. The zero-order chi connectivity index (χ0) is 25.4. The van der Waals surface area contributed by atoms with E-state index in [4.69, 9.17) is 0 Å². The third-order valence-electron chi connectivity index (χ3n) is 7.86. The average molecular weight is 487 g/mol. The van der Waals surface area contributed by atoms with Crippen molar-refractivity contribution in [2.75, 3.05) is 0 Å². The fourth-order valence-electron chi connectivity index (χ4n) is 5.50. The molecule has 0 aliphatic carbocycles. The average Bonchev–Trinajstić information content (AvgIpc) is 2.86. The molecule has 1 heteroatoms. The molecule has 35 heavy (non-hydrogen) atoms. The minimum atomic E-state index is 0.548. The Balaban J connectivity index is 2.40. The van der Waals surface area contributed by atoms with E-state index in [0.717, 1.165) is 12.8 Å². The van der Waals surface area contributed by atoms with Gasteiger partial charge in [0.25, 0.3) is 0 Å². The summed E-state index contributed by atoms with van der Waals surface area (Å²) in [7, 11) is 0. The zero-order valence-electron chi connectivity index (χ0n) is 24.3. The summed E-state index contributed by atoms with van der Waals surface area (Å²) in [6.45, 7) is 6.85. The zero-order valence-corrected chi connectivity index (χ0v) is 24.3. The summed E-state index contributed by atoms with van der Waals surface area (Å²) in [4.78, 5) is 0. The summed E-state index contributed by atoms with van der Waals surface area (Å²) in [6, 6.07) is 4.23. The Morgan fingerprint density at radius 2 is 0.771 bits per heavy atom. The highest BCUT2D eigenvalue weighted by molar-refractivity contribution is 5.45. The molecule has 0 saturated carbocycles. The summed E-state index contributed by atoms with van der Waals surface area (Å²) in [6.07, 6.45) is 33.6. The molecule has 0 heterocycles. The summed E-state index contributed by atoms with van der Waals surface area (Å²) in [5.74, 6) is 0.548. The molecule has 0 amide bonds. The van der Waals surface area contributed by atoms with Gasteiger partial charge in [0.05, 0.1) is 0 Å². The van der Waals surface area contributed by atoms with Gasteiger partial charge in [0, 0.05) is 0 Å². The van der Waals surface area contributed by atoms with Gasteiger partial charge in [-0.25, -0.2) is 0 Å². The van der Waals surface area contributed by atoms with Crippen LogP contribution in [0.3, 0.4) is 0 Å². The van der Waals surface area contributed by atoms with Gasteiger partial charge in [0.15, 0.2) is 0 Å². The Morgan fingerprint density at radius 3 is 1.23 bits per heavy atom. The van der Waals surface area contributed by atoms with Crippen LogP contribution < -0.4 is 0 Å². The maximum absolute atomic E-state index is 10.6. The summed E-state index contributed by atoms with van der Waals surface area (Å²) >= 11 is 0. The first-order chi connectivity index (χ1) is 17.2. The Hall–Kier alpha value is -0.980. The minimum absolute atomic E-state index is 0.548. The van der Waals surface area contributed by atoms with E-state index in [2.05, 4.69) is 26.8 Å². The van der Waals surface area contributed by atoms with Crippen molar-refractivity contribution in [2.24, 2.45) is 0 Å². The molecule has 0 bridgehead atoms. The monoisotopic (exact) mass is 486 g/mol. The number of benzene rings is 1. The second-order valence-electron chi connectivity index (χ2n) is 11.2. The predicted molar refractivity (Wildman–Crippen MR) is 158 cm³/mol. The molecule has 1 rings (SSSR count). The fraction of sp³-hybridized carbons (Fsp3) is 0.824. The van der Waals surface area contributed by atoms with Gasteiger partial charge in [-0.05, 0) is 61.3 Å². The second kappa shape index (κ2) is 23.4. The molecule has 0 aliphatic rings. The highest BCUT2D eigenvalue weighted by atomic mass is 16.3. The summed E-state index contributed by atoms with van der Waals surface area (Å²) < 4.78 is 0. The molecule has 0 saturated heterocycles. The van der Waals surface area contributed by atoms with E-state index in [-0.39, 0.29) is 0 Å². The number of aromatic hydroxyl groups is 1.